The third-order valence-electron chi connectivity index (χ3n) is 10.4. The van der Waals surface area contributed by atoms with E-state index in [4.69, 9.17) is 10.7 Å². The van der Waals surface area contributed by atoms with Crippen LogP contribution in [0.1, 0.15) is 98.1 Å². The van der Waals surface area contributed by atoms with E-state index in [0.717, 1.165) is 55.8 Å². The lowest BCUT2D eigenvalue weighted by Crippen LogP contribution is -2.58. The summed E-state index contributed by atoms with van der Waals surface area (Å²) < 4.78 is 0. The molecule has 4 fully saturated rings. The van der Waals surface area contributed by atoms with Gasteiger partial charge in [-0.1, -0.05) is 73.1 Å². The number of nitrogens with one attached hydrogen (secondary N) is 2. The first-order valence-corrected chi connectivity index (χ1v) is 16.3. The highest BCUT2D eigenvalue weighted by Gasteiger charge is 2.69. The maximum Gasteiger partial charge on any atom is 0.287 e. The Morgan fingerprint density at radius 1 is 1.10 bits per heavy atom. The zero-order valence-corrected chi connectivity index (χ0v) is 26.0. The number of nitrogens with two attached hydrogens (primary N) is 1. The molecule has 0 bridgehead atoms. The van der Waals surface area contributed by atoms with E-state index in [0.29, 0.717) is 18.9 Å². The Balaban J connectivity index is 1.39. The summed E-state index contributed by atoms with van der Waals surface area (Å²) in [5.74, 6) is -1.50. The topological polar surface area (TPSA) is 134 Å². The third-order valence-corrected chi connectivity index (χ3v) is 11.1. The van der Waals surface area contributed by atoms with Crippen molar-refractivity contribution < 1.29 is 19.2 Å². The van der Waals surface area contributed by atoms with Crippen LogP contribution in [0, 0.1) is 29.1 Å². The molecule has 4 aliphatic rings. The van der Waals surface area contributed by atoms with Crippen molar-refractivity contribution in [1.29, 1.82) is 0 Å². The summed E-state index contributed by atoms with van der Waals surface area (Å²) in [6, 6.07) is -2.09. The number of amides is 3. The van der Waals surface area contributed by atoms with E-state index in [1.807, 2.05) is 5.38 Å². The first-order valence-electron chi connectivity index (χ1n) is 15.5. The lowest BCUT2D eigenvalue weighted by Gasteiger charge is -2.37. The summed E-state index contributed by atoms with van der Waals surface area (Å²) in [5, 5.41) is 9.19. The molecular formula is C31H47N5O4S. The Morgan fingerprint density at radius 3 is 2.34 bits per heavy atom. The SMILES string of the molecule is CC(C)(C)c1csc(N[C@H](C(=O)N2C[C@@H]3C(C2C(=O)NC(CC2CCC2)C(=O)C(N)=O)C3(C)C)C2CCCCC2)n1. The number of thiazole rings is 1. The minimum Gasteiger partial charge on any atom is -0.363 e. The monoisotopic (exact) mass is 585 g/mol. The molecule has 0 aromatic carbocycles. The number of likely N-dealkylation sites (tertiary alicyclic amines) is 1. The Morgan fingerprint density at radius 2 is 1.78 bits per heavy atom. The van der Waals surface area contributed by atoms with Crippen LogP contribution in [0.3, 0.4) is 0 Å². The van der Waals surface area contributed by atoms with Crippen molar-refractivity contribution in [3.8, 4) is 0 Å². The first kappa shape index (κ1) is 30.0. The van der Waals surface area contributed by atoms with Gasteiger partial charge in [-0.2, -0.15) is 0 Å². The van der Waals surface area contributed by atoms with Crippen LogP contribution in [0.5, 0.6) is 0 Å². The quantitative estimate of drug-likeness (QED) is 0.355. The maximum absolute atomic E-state index is 14.4. The molecule has 9 nitrogen and oxygen atoms in total. The van der Waals surface area contributed by atoms with Gasteiger partial charge in [-0.3, -0.25) is 19.2 Å². The number of Topliss-reactive ketones (excluding diaryl/α,β-unsaturated/α-hetero) is 1. The number of carbonyl (C=O) groups excluding carboxylic acids is 4. The second-order valence-electron chi connectivity index (χ2n) is 14.5. The van der Waals surface area contributed by atoms with E-state index >= 15 is 0 Å². The zero-order chi connectivity index (χ0) is 29.7. The molecular weight excluding hydrogens is 538 g/mol. The number of hydrogen-bond donors (Lipinski definition) is 3. The second kappa shape index (κ2) is 11.3. The summed E-state index contributed by atoms with van der Waals surface area (Å²) in [5.41, 5.74) is 6.18. The summed E-state index contributed by atoms with van der Waals surface area (Å²) >= 11 is 1.52. The molecule has 1 aromatic heterocycles. The van der Waals surface area contributed by atoms with Gasteiger partial charge in [-0.25, -0.2) is 4.98 Å². The highest BCUT2D eigenvalue weighted by atomic mass is 32.1. The number of carbonyl (C=O) groups is 4. The van der Waals surface area contributed by atoms with Crippen molar-refractivity contribution in [2.24, 2.45) is 34.8 Å². The number of anilines is 1. The number of primary amides is 1. The molecule has 1 aromatic rings. The van der Waals surface area contributed by atoms with Crippen LogP contribution in [-0.4, -0.2) is 58.1 Å². The smallest absolute Gasteiger partial charge is 0.287 e. The van der Waals surface area contributed by atoms with Gasteiger partial charge < -0.3 is 21.3 Å². The average molecular weight is 586 g/mol. The number of rotatable bonds is 10. The van der Waals surface area contributed by atoms with Crippen LogP contribution in [0.25, 0.3) is 0 Å². The van der Waals surface area contributed by atoms with Gasteiger partial charge in [0.15, 0.2) is 5.13 Å². The third kappa shape index (κ3) is 6.04. The molecule has 0 radical (unpaired) electrons. The first-order chi connectivity index (χ1) is 19.3. The van der Waals surface area contributed by atoms with E-state index < -0.39 is 29.8 Å². The molecule has 5 rings (SSSR count). The van der Waals surface area contributed by atoms with E-state index in [1.165, 1.54) is 17.8 Å². The number of ketones is 1. The number of hydrogen-bond acceptors (Lipinski definition) is 7. The fourth-order valence-corrected chi connectivity index (χ4v) is 8.36. The van der Waals surface area contributed by atoms with Crippen LogP contribution in [0.2, 0.25) is 0 Å². The van der Waals surface area contributed by atoms with E-state index in [-0.39, 0.29) is 40.4 Å². The summed E-state index contributed by atoms with van der Waals surface area (Å²) in [4.78, 5) is 59.5. The van der Waals surface area contributed by atoms with Crippen molar-refractivity contribution >= 4 is 40.0 Å². The van der Waals surface area contributed by atoms with Crippen LogP contribution < -0.4 is 16.4 Å². The predicted octanol–water partition coefficient (Wildman–Crippen LogP) is 4.01. The molecule has 10 heteroatoms. The fraction of sp³-hybridized carbons (Fsp3) is 0.774. The van der Waals surface area contributed by atoms with Gasteiger partial charge in [0, 0.05) is 17.3 Å². The minimum atomic E-state index is -1.03. The minimum absolute atomic E-state index is 0.0128. The van der Waals surface area contributed by atoms with Gasteiger partial charge in [0.05, 0.1) is 11.7 Å². The number of piperidine rings is 1. The molecule has 226 valence electrons. The van der Waals surface area contributed by atoms with Gasteiger partial charge in [0.2, 0.25) is 17.6 Å². The Hall–Kier alpha value is -2.49. The number of aromatic nitrogens is 1. The van der Waals surface area contributed by atoms with Crippen molar-refractivity contribution in [1.82, 2.24) is 15.2 Å². The maximum atomic E-state index is 14.4. The van der Waals surface area contributed by atoms with E-state index in [1.54, 1.807) is 4.90 Å². The molecule has 5 atom stereocenters. The van der Waals surface area contributed by atoms with Crippen LogP contribution >= 0.6 is 11.3 Å². The lowest BCUT2D eigenvalue weighted by molar-refractivity contribution is -0.144. The van der Waals surface area contributed by atoms with Gasteiger partial charge in [0.25, 0.3) is 5.91 Å². The molecule has 1 saturated heterocycles. The van der Waals surface area contributed by atoms with Crippen LogP contribution in [0.4, 0.5) is 5.13 Å². The summed E-state index contributed by atoms with van der Waals surface area (Å²) in [7, 11) is 0. The lowest BCUT2D eigenvalue weighted by atomic mass is 9.80. The largest absolute Gasteiger partial charge is 0.363 e. The van der Waals surface area contributed by atoms with Crippen molar-refractivity contribution in [2.75, 3.05) is 11.9 Å². The predicted molar refractivity (Wildman–Crippen MR) is 159 cm³/mol. The zero-order valence-electron chi connectivity index (χ0n) is 25.2. The highest BCUT2D eigenvalue weighted by Crippen LogP contribution is 2.65. The van der Waals surface area contributed by atoms with Gasteiger partial charge in [-0.05, 0) is 48.3 Å². The van der Waals surface area contributed by atoms with Gasteiger partial charge in [0.1, 0.15) is 12.1 Å². The molecule has 2 heterocycles. The van der Waals surface area contributed by atoms with Gasteiger partial charge in [-0.15, -0.1) is 11.3 Å². The molecule has 4 N–H and O–H groups in total. The van der Waals surface area contributed by atoms with Crippen molar-refractivity contribution in [3.63, 3.8) is 0 Å². The van der Waals surface area contributed by atoms with Crippen LogP contribution in [-0.2, 0) is 24.6 Å². The van der Waals surface area contributed by atoms with Crippen molar-refractivity contribution in [2.45, 2.75) is 116 Å². The average Bonchev–Trinajstić information content (AvgIpc) is 3.30. The Kier molecular flexibility index (Phi) is 8.27. The summed E-state index contributed by atoms with van der Waals surface area (Å²) in [6.45, 7) is 11.2. The van der Waals surface area contributed by atoms with E-state index in [2.05, 4.69) is 45.3 Å². The molecule has 3 aliphatic carbocycles. The standard InChI is InChI=1S/C31H47N5O4S/c1-30(2,3)21-16-41-29(34-21)35-23(18-12-7-6-8-13-18)28(40)36-15-19-22(31(19,4)5)24(36)27(39)33-20(25(37)26(32)38)14-17-10-9-11-17/h16-20,22-24H,6-15H2,1-5H3,(H2,32,38)(H,33,39)(H,34,35)/t19-,20?,22?,23+,24?/m1/s1. The molecule has 3 unspecified atom stereocenters. The second-order valence-corrected chi connectivity index (χ2v) is 15.4. The van der Waals surface area contributed by atoms with E-state index in [9.17, 15) is 19.2 Å². The van der Waals surface area contributed by atoms with Crippen molar-refractivity contribution in [3.05, 3.63) is 11.1 Å². The Labute approximate surface area is 247 Å². The highest BCUT2D eigenvalue weighted by molar-refractivity contribution is 7.13. The summed E-state index contributed by atoms with van der Waals surface area (Å²) in [6.07, 6.45) is 8.72. The molecule has 3 saturated carbocycles. The molecule has 41 heavy (non-hydrogen) atoms. The molecule has 3 amide bonds. The normalized spacial score (nSPS) is 27.3. The molecule has 0 spiro atoms. The molecule has 1 aliphatic heterocycles. The fourth-order valence-electron chi connectivity index (χ4n) is 7.38. The van der Waals surface area contributed by atoms with Gasteiger partial charge >= 0.3 is 0 Å². The van der Waals surface area contributed by atoms with Crippen LogP contribution in [0.15, 0.2) is 5.38 Å². The Bertz CT molecular complexity index is 1180. The number of fused-ring (bicyclic) bond motifs is 1. The number of nitrogens with zero attached hydrogens (tertiary/aromatic N) is 2.